The number of ether oxygens (including phenoxy) is 2. The maximum Gasteiger partial charge on any atom is 0.387 e. The van der Waals surface area contributed by atoms with E-state index in [1.165, 1.54) is 6.07 Å². The van der Waals surface area contributed by atoms with Gasteiger partial charge in [-0.25, -0.2) is 9.18 Å². The van der Waals surface area contributed by atoms with E-state index in [2.05, 4.69) is 15.0 Å². The summed E-state index contributed by atoms with van der Waals surface area (Å²) in [5, 5.41) is 3.25. The van der Waals surface area contributed by atoms with Crippen LogP contribution in [0.1, 0.15) is 48.3 Å². The minimum absolute atomic E-state index is 0.349. The lowest BCUT2D eigenvalue weighted by Gasteiger charge is -2.22. The van der Waals surface area contributed by atoms with Crippen LogP contribution in [0.25, 0.3) is 0 Å². The minimum Gasteiger partial charge on any atom is -0.456 e. The summed E-state index contributed by atoms with van der Waals surface area (Å²) in [6.45, 7) is 2.21. The number of hydrogen-bond acceptors (Lipinski definition) is 5. The molecule has 3 rings (SSSR count). The van der Waals surface area contributed by atoms with Crippen LogP contribution in [0.3, 0.4) is 0 Å². The van der Waals surface area contributed by atoms with E-state index < -0.39 is 35.8 Å². The van der Waals surface area contributed by atoms with E-state index in [0.717, 1.165) is 12.1 Å². The van der Waals surface area contributed by atoms with Crippen LogP contribution in [0, 0.1) is 5.82 Å². The van der Waals surface area contributed by atoms with Crippen molar-refractivity contribution in [3.63, 3.8) is 0 Å². The Bertz CT molecular complexity index is 1070. The van der Waals surface area contributed by atoms with E-state index in [-0.39, 0.29) is 0 Å². The normalized spacial score (nSPS) is 12.3. The summed E-state index contributed by atoms with van der Waals surface area (Å²) in [5.74, 6) is -1.93. The summed E-state index contributed by atoms with van der Waals surface area (Å²) in [6.07, 6.45) is 3.21. The van der Waals surface area contributed by atoms with Crippen LogP contribution in [0.15, 0.2) is 67.0 Å². The Labute approximate surface area is 184 Å². The van der Waals surface area contributed by atoms with E-state index in [4.69, 9.17) is 4.74 Å². The highest BCUT2D eigenvalue weighted by Gasteiger charge is 2.20. The predicted octanol–water partition coefficient (Wildman–Crippen LogP) is 5.98. The number of halogens is 3. The topological polar surface area (TPSA) is 60.5 Å². The van der Waals surface area contributed by atoms with Crippen molar-refractivity contribution in [1.82, 2.24) is 4.98 Å². The molecule has 32 heavy (non-hydrogen) atoms. The summed E-state index contributed by atoms with van der Waals surface area (Å²) < 4.78 is 48.9. The van der Waals surface area contributed by atoms with Gasteiger partial charge in [0.05, 0.1) is 11.6 Å². The molecule has 0 aliphatic carbocycles. The first kappa shape index (κ1) is 23.1. The van der Waals surface area contributed by atoms with Crippen LogP contribution in [0.5, 0.6) is 5.75 Å². The van der Waals surface area contributed by atoms with Crippen LogP contribution < -0.4 is 10.1 Å². The first-order valence-electron chi connectivity index (χ1n) is 9.86. The largest absolute Gasteiger partial charge is 0.456 e. The third-order valence-electron chi connectivity index (χ3n) is 4.33. The lowest BCUT2D eigenvalue weighted by atomic mass is 9.99. The Morgan fingerprint density at radius 2 is 1.81 bits per heavy atom. The van der Waals surface area contributed by atoms with Gasteiger partial charge in [0.15, 0.2) is 11.6 Å². The molecule has 5 nitrogen and oxygen atoms in total. The Morgan fingerprint density at radius 3 is 2.44 bits per heavy atom. The molecule has 0 amide bonds. The first-order chi connectivity index (χ1) is 15.1. The van der Waals surface area contributed by atoms with Gasteiger partial charge in [-0.1, -0.05) is 18.2 Å². The number of rotatable bonds is 7. The van der Waals surface area contributed by atoms with Gasteiger partial charge in [0.2, 0.25) is 0 Å². The van der Waals surface area contributed by atoms with Crippen LogP contribution in [0.2, 0.25) is 0 Å². The molecule has 0 saturated heterocycles. The number of nitrogens with zero attached hydrogens (tertiary/aromatic N) is 1. The second-order valence-electron chi connectivity index (χ2n) is 8.01. The van der Waals surface area contributed by atoms with Gasteiger partial charge in [-0.15, -0.1) is 0 Å². The van der Waals surface area contributed by atoms with Gasteiger partial charge in [-0.2, -0.15) is 8.78 Å². The molecule has 2 aromatic carbocycles. The van der Waals surface area contributed by atoms with Gasteiger partial charge in [-0.05, 0) is 68.3 Å². The van der Waals surface area contributed by atoms with Gasteiger partial charge in [-0.3, -0.25) is 4.98 Å². The average molecular weight is 444 g/mol. The number of benzene rings is 2. The van der Waals surface area contributed by atoms with Crippen molar-refractivity contribution in [3.05, 3.63) is 89.5 Å². The third kappa shape index (κ3) is 6.23. The molecule has 0 fully saturated rings. The Kier molecular flexibility index (Phi) is 7.02. The fourth-order valence-electron chi connectivity index (χ4n) is 3.03. The molecule has 0 bridgehead atoms. The fourth-order valence-corrected chi connectivity index (χ4v) is 3.03. The lowest BCUT2D eigenvalue weighted by Crippen LogP contribution is -2.24. The van der Waals surface area contributed by atoms with Crippen molar-refractivity contribution in [2.75, 3.05) is 5.32 Å². The molecule has 0 saturated carbocycles. The summed E-state index contributed by atoms with van der Waals surface area (Å²) in [5.41, 5.74) is 1.45. The molecule has 168 valence electrons. The van der Waals surface area contributed by atoms with Gasteiger partial charge < -0.3 is 14.8 Å². The zero-order valence-electron chi connectivity index (χ0n) is 17.8. The van der Waals surface area contributed by atoms with Crippen LogP contribution in [-0.4, -0.2) is 23.2 Å². The van der Waals surface area contributed by atoms with Crippen LogP contribution in [0.4, 0.5) is 18.9 Å². The summed E-state index contributed by atoms with van der Waals surface area (Å²) in [4.78, 5) is 16.5. The second kappa shape index (κ2) is 9.72. The number of pyridine rings is 1. The van der Waals surface area contributed by atoms with E-state index in [9.17, 15) is 18.0 Å². The van der Waals surface area contributed by atoms with Crippen LogP contribution in [-0.2, 0) is 4.74 Å². The van der Waals surface area contributed by atoms with Crippen molar-refractivity contribution < 1.29 is 27.4 Å². The van der Waals surface area contributed by atoms with Gasteiger partial charge in [0.1, 0.15) is 5.60 Å². The molecule has 1 heterocycles. The molecule has 1 N–H and O–H groups in total. The van der Waals surface area contributed by atoms with E-state index in [1.54, 1.807) is 69.6 Å². The number of esters is 1. The smallest absolute Gasteiger partial charge is 0.387 e. The molecular weight excluding hydrogens is 421 g/mol. The number of aromatic nitrogens is 1. The molecule has 0 aliphatic rings. The number of carbonyl (C=O) groups is 1. The van der Waals surface area contributed by atoms with E-state index in [0.29, 0.717) is 22.4 Å². The predicted molar refractivity (Wildman–Crippen MR) is 114 cm³/mol. The third-order valence-corrected chi connectivity index (χ3v) is 4.33. The highest BCUT2D eigenvalue weighted by Crippen LogP contribution is 2.30. The zero-order chi connectivity index (χ0) is 23.3. The molecule has 0 radical (unpaired) electrons. The molecule has 0 spiro atoms. The zero-order valence-corrected chi connectivity index (χ0v) is 17.8. The monoisotopic (exact) mass is 444 g/mol. The number of alkyl halides is 2. The highest BCUT2D eigenvalue weighted by atomic mass is 19.3. The minimum atomic E-state index is -3.13. The van der Waals surface area contributed by atoms with Crippen molar-refractivity contribution in [2.45, 2.75) is 39.0 Å². The molecule has 1 atom stereocenters. The van der Waals surface area contributed by atoms with Crippen molar-refractivity contribution in [1.29, 1.82) is 0 Å². The molecular formula is C24H23F3N2O3. The second-order valence-corrected chi connectivity index (χ2v) is 8.01. The molecule has 1 aromatic heterocycles. The molecule has 8 heteroatoms. The summed E-state index contributed by atoms with van der Waals surface area (Å²) in [7, 11) is 0. The maximum atomic E-state index is 14.4. The van der Waals surface area contributed by atoms with Crippen molar-refractivity contribution in [3.8, 4) is 5.75 Å². The van der Waals surface area contributed by atoms with Crippen LogP contribution >= 0.6 is 0 Å². The Balaban J connectivity index is 1.93. The molecule has 1 unspecified atom stereocenters. The van der Waals surface area contributed by atoms with Gasteiger partial charge >= 0.3 is 12.6 Å². The Hall–Kier alpha value is -3.55. The highest BCUT2D eigenvalue weighted by molar-refractivity contribution is 5.90. The average Bonchev–Trinajstić information content (AvgIpc) is 2.73. The van der Waals surface area contributed by atoms with Gasteiger partial charge in [0.25, 0.3) is 0 Å². The standard InChI is InChI=1S/C24H23F3N2O3/c1-24(2,3)32-22(30)16-6-4-8-18(12-16)29-21(17-7-5-11-28-14-17)15-9-10-20(19(25)13-15)31-23(26)27/h4-14,21,23,29H,1-3H3. The maximum absolute atomic E-state index is 14.4. The SMILES string of the molecule is CC(C)(C)OC(=O)c1cccc(NC(c2cccnc2)c2ccc(OC(F)F)c(F)c2)c1. The van der Waals surface area contributed by atoms with Gasteiger partial charge in [0, 0.05) is 18.1 Å². The molecule has 0 aliphatic heterocycles. The number of nitrogens with one attached hydrogen (secondary N) is 1. The van der Waals surface area contributed by atoms with Crippen molar-refractivity contribution in [2.24, 2.45) is 0 Å². The number of anilines is 1. The summed E-state index contributed by atoms with van der Waals surface area (Å²) in [6, 6.07) is 13.4. The van der Waals surface area contributed by atoms with E-state index >= 15 is 0 Å². The number of carbonyl (C=O) groups excluding carboxylic acids is 1. The lowest BCUT2D eigenvalue weighted by molar-refractivity contribution is -0.0522. The quantitative estimate of drug-likeness (QED) is 0.455. The van der Waals surface area contributed by atoms with Crippen molar-refractivity contribution >= 4 is 11.7 Å². The first-order valence-corrected chi connectivity index (χ1v) is 9.86. The fraction of sp³-hybridized carbons (Fsp3) is 0.250. The molecule has 3 aromatic rings. The summed E-state index contributed by atoms with van der Waals surface area (Å²) >= 11 is 0. The number of hydrogen-bond donors (Lipinski definition) is 1. The van der Waals surface area contributed by atoms with E-state index in [1.807, 2.05) is 0 Å². The Morgan fingerprint density at radius 1 is 1.03 bits per heavy atom.